The molecule has 5 N–H and O–H groups in total. The molecule has 0 aliphatic rings. The Morgan fingerprint density at radius 1 is 1.67 bits per heavy atom. The first-order valence-corrected chi connectivity index (χ1v) is 1.94. The van der Waals surface area contributed by atoms with Crippen molar-refractivity contribution in [3.05, 3.63) is 0 Å². The van der Waals surface area contributed by atoms with Crippen molar-refractivity contribution in [2.45, 2.75) is 12.4 Å². The number of aliphatic hydroxyl groups excluding tert-OH is 1. The first kappa shape index (κ1) is 9.52. The summed E-state index contributed by atoms with van der Waals surface area (Å²) in [5.74, 6) is 8.00. The van der Waals surface area contributed by atoms with Gasteiger partial charge in [0.1, 0.15) is 0 Å². The number of nitrogens with two attached hydrogens (primary N) is 2. The third-order valence-electron chi connectivity index (χ3n) is 0. The van der Waals surface area contributed by atoms with Gasteiger partial charge >= 0.3 is 0 Å². The molecular weight excluding hydrogens is 100 g/mol. The zero-order valence-corrected chi connectivity index (χ0v) is 4.52. The molecule has 0 amide bonds. The minimum atomic E-state index is -0.472. The van der Waals surface area contributed by atoms with Gasteiger partial charge in [0.25, 0.3) is 0 Å². The lowest BCUT2D eigenvalue weighted by Gasteiger charge is -1.79. The second-order valence-electron chi connectivity index (χ2n) is 0.632. The van der Waals surface area contributed by atoms with E-state index in [9.17, 15) is 0 Å². The molecule has 6 heavy (non-hydrogen) atoms. The molecule has 0 fully saturated rings. The zero-order valence-electron chi connectivity index (χ0n) is 3.63. The molecule has 0 aromatic heterocycles. The molecule has 0 spiro atoms. The van der Waals surface area contributed by atoms with Crippen molar-refractivity contribution in [3.8, 4) is 0 Å². The van der Waals surface area contributed by atoms with Crippen molar-refractivity contribution in [1.29, 1.82) is 0 Å². The fourth-order valence-electron chi connectivity index (χ4n) is 0. The summed E-state index contributed by atoms with van der Waals surface area (Å²) in [5, 5.41) is 7.92. The maximum absolute atomic E-state index is 7.92. The summed E-state index contributed by atoms with van der Waals surface area (Å²) < 4.78 is 0. The van der Waals surface area contributed by atoms with Crippen LogP contribution in [0.4, 0.5) is 0 Å². The summed E-state index contributed by atoms with van der Waals surface area (Å²) >= 11 is 3.52. The average molecular weight is 110 g/mol. The standard InChI is InChI=1S/C2H6OS.H4N2/c1-2(3)4;1-2/h2-4H,1H3;1-2H2. The van der Waals surface area contributed by atoms with Gasteiger partial charge < -0.3 is 5.11 Å². The van der Waals surface area contributed by atoms with E-state index in [0.29, 0.717) is 0 Å². The molecule has 40 valence electrons. The highest BCUT2D eigenvalue weighted by molar-refractivity contribution is 7.80. The van der Waals surface area contributed by atoms with Crippen LogP contribution in [-0.2, 0) is 0 Å². The molecule has 3 nitrogen and oxygen atoms in total. The Labute approximate surface area is 42.7 Å². The van der Waals surface area contributed by atoms with Crippen molar-refractivity contribution in [3.63, 3.8) is 0 Å². The average Bonchev–Trinajstić information content (AvgIpc) is 1.41. The first-order valence-electron chi connectivity index (χ1n) is 1.43. The smallest absolute Gasteiger partial charge is 0.0936 e. The Morgan fingerprint density at radius 3 is 1.67 bits per heavy atom. The van der Waals surface area contributed by atoms with E-state index in [1.165, 1.54) is 0 Å². The third kappa shape index (κ3) is 834. The van der Waals surface area contributed by atoms with E-state index < -0.39 is 5.44 Å². The van der Waals surface area contributed by atoms with Crippen LogP contribution in [0.1, 0.15) is 6.92 Å². The summed E-state index contributed by atoms with van der Waals surface area (Å²) in [6.45, 7) is 1.59. The predicted molar refractivity (Wildman–Crippen MR) is 29.0 cm³/mol. The van der Waals surface area contributed by atoms with E-state index in [1.807, 2.05) is 0 Å². The topological polar surface area (TPSA) is 72.3 Å². The van der Waals surface area contributed by atoms with Gasteiger partial charge in [0.05, 0.1) is 5.44 Å². The lowest BCUT2D eigenvalue weighted by atomic mass is 10.9. The number of rotatable bonds is 0. The molecule has 0 saturated carbocycles. The quantitative estimate of drug-likeness (QED) is 0.141. The zero-order chi connectivity index (χ0) is 5.58. The van der Waals surface area contributed by atoms with E-state index in [1.54, 1.807) is 6.92 Å². The third-order valence-corrected chi connectivity index (χ3v) is 0. The van der Waals surface area contributed by atoms with Crippen LogP contribution >= 0.6 is 12.6 Å². The molecule has 1 atom stereocenters. The molecule has 0 saturated heterocycles. The van der Waals surface area contributed by atoms with Crippen LogP contribution in [0.5, 0.6) is 0 Å². The van der Waals surface area contributed by atoms with Crippen LogP contribution in [-0.4, -0.2) is 10.5 Å². The Kier molecular flexibility index (Phi) is 14.2. The highest BCUT2D eigenvalue weighted by atomic mass is 32.1. The van der Waals surface area contributed by atoms with Crippen LogP contribution in [0.3, 0.4) is 0 Å². The van der Waals surface area contributed by atoms with Crippen LogP contribution in [0, 0.1) is 0 Å². The second-order valence-corrected chi connectivity index (χ2v) is 1.38. The SMILES string of the molecule is CC(O)S.NN. The Bertz CT molecular complexity index is 16.3. The van der Waals surface area contributed by atoms with Crippen molar-refractivity contribution in [2.24, 2.45) is 11.7 Å². The van der Waals surface area contributed by atoms with E-state index in [4.69, 9.17) is 5.11 Å². The molecule has 0 aromatic carbocycles. The first-order chi connectivity index (χ1) is 2.73. The molecule has 0 radical (unpaired) electrons. The highest BCUT2D eigenvalue weighted by Gasteiger charge is 1.70. The summed E-state index contributed by atoms with van der Waals surface area (Å²) in [6.07, 6.45) is 0. The maximum Gasteiger partial charge on any atom is 0.0936 e. The van der Waals surface area contributed by atoms with Gasteiger partial charge in [-0.05, 0) is 6.92 Å². The van der Waals surface area contributed by atoms with E-state index in [0.717, 1.165) is 0 Å². The Hall–Kier alpha value is 0.230. The lowest BCUT2D eigenvalue weighted by molar-refractivity contribution is 0.286. The number of aliphatic hydroxyl groups is 1. The summed E-state index contributed by atoms with van der Waals surface area (Å²) in [6, 6.07) is 0. The van der Waals surface area contributed by atoms with Crippen molar-refractivity contribution >= 4 is 12.6 Å². The molecule has 0 aliphatic carbocycles. The number of hydrogen-bond acceptors (Lipinski definition) is 4. The van der Waals surface area contributed by atoms with Gasteiger partial charge in [-0.15, -0.1) is 12.6 Å². The van der Waals surface area contributed by atoms with Crippen LogP contribution < -0.4 is 11.7 Å². The minimum absolute atomic E-state index is 0.472. The molecule has 0 heterocycles. The predicted octanol–water partition coefficient (Wildman–Crippen LogP) is -0.927. The van der Waals surface area contributed by atoms with E-state index in [-0.39, 0.29) is 0 Å². The second kappa shape index (κ2) is 8.97. The normalized spacial score (nSPS) is 11.5. The molecule has 0 aromatic rings. The molecule has 1 unspecified atom stereocenters. The molecule has 4 heteroatoms. The van der Waals surface area contributed by atoms with Gasteiger partial charge in [0, 0.05) is 0 Å². The lowest BCUT2D eigenvalue weighted by Crippen LogP contribution is -2.02. The monoisotopic (exact) mass is 110 g/mol. The Balaban J connectivity index is 0. The number of hydrazine groups is 1. The van der Waals surface area contributed by atoms with E-state index in [2.05, 4.69) is 24.3 Å². The summed E-state index contributed by atoms with van der Waals surface area (Å²) in [5.41, 5.74) is -0.472. The highest BCUT2D eigenvalue weighted by Crippen LogP contribution is 1.78. The van der Waals surface area contributed by atoms with Crippen molar-refractivity contribution in [2.75, 3.05) is 0 Å². The van der Waals surface area contributed by atoms with Crippen molar-refractivity contribution < 1.29 is 5.11 Å². The molecule has 0 aliphatic heterocycles. The largest absolute Gasteiger partial charge is 0.383 e. The van der Waals surface area contributed by atoms with Gasteiger partial charge in [-0.25, -0.2) is 0 Å². The molecule has 0 bridgehead atoms. The number of hydrogen-bond donors (Lipinski definition) is 4. The van der Waals surface area contributed by atoms with Crippen LogP contribution in [0.2, 0.25) is 0 Å². The van der Waals surface area contributed by atoms with Crippen LogP contribution in [0.15, 0.2) is 0 Å². The summed E-state index contributed by atoms with van der Waals surface area (Å²) in [4.78, 5) is 0. The van der Waals surface area contributed by atoms with Gasteiger partial charge in [-0.2, -0.15) is 0 Å². The van der Waals surface area contributed by atoms with Crippen molar-refractivity contribution in [1.82, 2.24) is 0 Å². The van der Waals surface area contributed by atoms with Crippen LogP contribution in [0.25, 0.3) is 0 Å². The minimum Gasteiger partial charge on any atom is -0.383 e. The molecule has 0 rings (SSSR count). The Morgan fingerprint density at radius 2 is 1.67 bits per heavy atom. The summed E-state index contributed by atoms with van der Waals surface area (Å²) in [7, 11) is 0. The van der Waals surface area contributed by atoms with Gasteiger partial charge in [0.2, 0.25) is 0 Å². The molecular formula is C2H10N2OS. The van der Waals surface area contributed by atoms with E-state index >= 15 is 0 Å². The number of thiol groups is 1. The maximum atomic E-state index is 7.92. The van der Waals surface area contributed by atoms with Gasteiger partial charge in [0.15, 0.2) is 0 Å². The van der Waals surface area contributed by atoms with Gasteiger partial charge in [-0.1, -0.05) is 0 Å². The fourth-order valence-corrected chi connectivity index (χ4v) is 0. The fraction of sp³-hybridized carbons (Fsp3) is 1.00. The van der Waals surface area contributed by atoms with Gasteiger partial charge in [-0.3, -0.25) is 11.7 Å².